The highest BCUT2D eigenvalue weighted by molar-refractivity contribution is 5.92. The molecule has 0 saturated carbocycles. The fraction of sp³-hybridized carbons (Fsp3) is 0.100. The maximum absolute atomic E-state index is 12.9. The van der Waals surface area contributed by atoms with E-state index >= 15 is 0 Å². The Morgan fingerprint density at radius 2 is 1.72 bits per heavy atom. The predicted octanol–water partition coefficient (Wildman–Crippen LogP) is 2.26. The lowest BCUT2D eigenvalue weighted by Gasteiger charge is -2.29. The van der Waals surface area contributed by atoms with Crippen LogP contribution in [-0.2, 0) is 11.0 Å². The van der Waals surface area contributed by atoms with Gasteiger partial charge < -0.3 is 24.8 Å². The van der Waals surface area contributed by atoms with Crippen molar-refractivity contribution in [1.82, 2.24) is 0 Å². The van der Waals surface area contributed by atoms with Gasteiger partial charge in [-0.05, 0) is 29.8 Å². The molecule has 29 heavy (non-hydrogen) atoms. The number of hydrogen-bond acceptors (Lipinski definition) is 6. The van der Waals surface area contributed by atoms with Crippen LogP contribution in [0.1, 0.15) is 22.6 Å². The second-order valence-electron chi connectivity index (χ2n) is 6.35. The highest BCUT2D eigenvalue weighted by atomic mass is 19.4. The number of nitrogens with two attached hydrogens (primary N) is 1. The normalized spacial score (nSPS) is 16.4. The molecule has 2 heterocycles. The number of fused-ring (bicyclic) bond motifs is 3. The highest BCUT2D eigenvalue weighted by Gasteiger charge is 2.36. The molecule has 1 atom stereocenters. The number of ether oxygens (including phenoxy) is 1. The molecule has 2 aromatic carbocycles. The molecule has 0 radical (unpaired) electrons. The third kappa shape index (κ3) is 3.00. The van der Waals surface area contributed by atoms with Crippen LogP contribution >= 0.6 is 0 Å². The minimum absolute atomic E-state index is 0.00996. The first kappa shape index (κ1) is 18.6. The fourth-order valence-corrected chi connectivity index (χ4v) is 3.36. The van der Waals surface area contributed by atoms with Gasteiger partial charge in [0.15, 0.2) is 11.6 Å². The number of carbonyl (C=O) groups is 1. The summed E-state index contributed by atoms with van der Waals surface area (Å²) >= 11 is 0. The molecule has 0 bridgehead atoms. The summed E-state index contributed by atoms with van der Waals surface area (Å²) in [5.41, 5.74) is 3.49. The van der Waals surface area contributed by atoms with Crippen LogP contribution in [0.4, 0.5) is 13.2 Å². The van der Waals surface area contributed by atoms with Crippen molar-refractivity contribution < 1.29 is 32.2 Å². The van der Waals surface area contributed by atoms with E-state index in [4.69, 9.17) is 14.9 Å². The third-order valence-electron chi connectivity index (χ3n) is 4.64. The molecule has 0 fully saturated rings. The average Bonchev–Trinajstić information content (AvgIpc) is 2.66. The summed E-state index contributed by atoms with van der Waals surface area (Å²) in [4.78, 5) is 24.4. The van der Waals surface area contributed by atoms with E-state index in [1.54, 1.807) is 18.2 Å². The van der Waals surface area contributed by atoms with Gasteiger partial charge in [0.2, 0.25) is 0 Å². The molecule has 9 heteroatoms. The number of rotatable bonds is 2. The Hall–Kier alpha value is -3.75. The molecule has 1 aliphatic heterocycles. The summed E-state index contributed by atoms with van der Waals surface area (Å²) in [6.07, 6.45) is -4.58. The lowest BCUT2D eigenvalue weighted by Crippen LogP contribution is -2.36. The first-order valence-corrected chi connectivity index (χ1v) is 8.30. The molecule has 0 saturated heterocycles. The highest BCUT2D eigenvalue weighted by Crippen LogP contribution is 2.44. The second-order valence-corrected chi connectivity index (χ2v) is 6.35. The number of para-hydroxylation sites is 1. The summed E-state index contributed by atoms with van der Waals surface area (Å²) in [5.74, 6) is -3.57. The second kappa shape index (κ2) is 6.40. The maximum Gasteiger partial charge on any atom is 0.416 e. The smallest absolute Gasteiger partial charge is 0.416 e. The topological polar surface area (TPSA) is 106 Å². The summed E-state index contributed by atoms with van der Waals surface area (Å²) in [5, 5.41) is 12.1. The van der Waals surface area contributed by atoms with Crippen molar-refractivity contribution in [3.63, 3.8) is 0 Å². The van der Waals surface area contributed by atoms with E-state index in [0.29, 0.717) is 5.39 Å². The zero-order chi connectivity index (χ0) is 20.9. The molecule has 0 spiro atoms. The van der Waals surface area contributed by atoms with Crippen molar-refractivity contribution in [2.45, 2.75) is 12.1 Å². The van der Waals surface area contributed by atoms with Gasteiger partial charge in [-0.15, -0.1) is 0 Å². The van der Waals surface area contributed by atoms with E-state index in [-0.39, 0.29) is 22.5 Å². The number of benzene rings is 2. The van der Waals surface area contributed by atoms with E-state index in [1.807, 2.05) is 0 Å². The summed E-state index contributed by atoms with van der Waals surface area (Å²) in [6, 6.07) is 10.1. The van der Waals surface area contributed by atoms with Crippen LogP contribution < -0.4 is 21.2 Å². The monoisotopic (exact) mass is 402 g/mol. The molecular weight excluding hydrogens is 391 g/mol. The largest absolute Gasteiger partial charge is 0.545 e. The molecule has 0 aliphatic carbocycles. The Labute approximate surface area is 160 Å². The Morgan fingerprint density at radius 1 is 1.07 bits per heavy atom. The van der Waals surface area contributed by atoms with Crippen LogP contribution in [0.3, 0.4) is 0 Å². The third-order valence-corrected chi connectivity index (χ3v) is 4.64. The van der Waals surface area contributed by atoms with E-state index in [9.17, 15) is 27.9 Å². The van der Waals surface area contributed by atoms with Gasteiger partial charge in [-0.2, -0.15) is 13.2 Å². The van der Waals surface area contributed by atoms with Crippen molar-refractivity contribution in [2.24, 2.45) is 5.73 Å². The van der Waals surface area contributed by atoms with Crippen molar-refractivity contribution >= 4 is 16.9 Å². The summed E-state index contributed by atoms with van der Waals surface area (Å²) in [6.45, 7) is 0. The summed E-state index contributed by atoms with van der Waals surface area (Å²) in [7, 11) is 0. The zero-order valence-electron chi connectivity index (χ0n) is 14.4. The van der Waals surface area contributed by atoms with Crippen LogP contribution in [0.25, 0.3) is 11.0 Å². The van der Waals surface area contributed by atoms with Gasteiger partial charge in [0.1, 0.15) is 5.58 Å². The van der Waals surface area contributed by atoms with E-state index < -0.39 is 40.7 Å². The van der Waals surface area contributed by atoms with Crippen molar-refractivity contribution in [2.75, 3.05) is 0 Å². The number of carbonyl (C=O) groups excluding carboxylic acids is 1. The predicted molar refractivity (Wildman–Crippen MR) is 92.6 cm³/mol. The number of hydrogen-bond donors (Lipinski definition) is 1. The molecule has 2 N–H and O–H groups in total. The number of carboxylic acid groups (broad SMARTS) is 1. The first-order valence-electron chi connectivity index (χ1n) is 8.30. The van der Waals surface area contributed by atoms with Gasteiger partial charge in [-0.25, -0.2) is 4.79 Å². The number of halogens is 3. The van der Waals surface area contributed by atoms with Gasteiger partial charge in [0.05, 0.1) is 28.4 Å². The van der Waals surface area contributed by atoms with E-state index in [2.05, 4.69) is 0 Å². The van der Waals surface area contributed by atoms with Gasteiger partial charge in [-0.3, -0.25) is 0 Å². The standard InChI is InChI=1S/C20H12F3NO5/c21-20(22,23)10-7-5-9(6-8-10)13-14-16(29-17(24)15(13)18(25)26)11-3-1-2-4-12(11)28-19(14)27/h1-8,13H,24H2,(H,25,26)/p-1. The number of aliphatic carboxylic acids is 1. The van der Waals surface area contributed by atoms with Gasteiger partial charge in [-0.1, -0.05) is 24.3 Å². The molecule has 4 rings (SSSR count). The van der Waals surface area contributed by atoms with Crippen LogP contribution in [0.15, 0.2) is 69.2 Å². The van der Waals surface area contributed by atoms with Crippen LogP contribution in [0.2, 0.25) is 0 Å². The minimum atomic E-state index is -4.58. The first-order chi connectivity index (χ1) is 13.7. The molecule has 148 valence electrons. The molecule has 1 aliphatic rings. The molecule has 0 amide bonds. The summed E-state index contributed by atoms with van der Waals surface area (Å²) < 4.78 is 49.4. The van der Waals surface area contributed by atoms with Crippen molar-refractivity contribution in [3.05, 3.63) is 87.1 Å². The number of alkyl halides is 3. The lowest BCUT2D eigenvalue weighted by molar-refractivity contribution is -0.299. The van der Waals surface area contributed by atoms with Crippen molar-refractivity contribution in [3.8, 4) is 5.75 Å². The van der Waals surface area contributed by atoms with Crippen LogP contribution in [-0.4, -0.2) is 5.97 Å². The Kier molecular flexibility index (Phi) is 4.11. The number of carboxylic acids is 1. The Bertz CT molecular complexity index is 1230. The Morgan fingerprint density at radius 3 is 2.34 bits per heavy atom. The van der Waals surface area contributed by atoms with E-state index in [0.717, 1.165) is 24.3 Å². The van der Waals surface area contributed by atoms with Crippen LogP contribution in [0.5, 0.6) is 5.75 Å². The van der Waals surface area contributed by atoms with Gasteiger partial charge >= 0.3 is 11.8 Å². The molecule has 3 aromatic rings. The van der Waals surface area contributed by atoms with Gasteiger partial charge in [0.25, 0.3) is 0 Å². The minimum Gasteiger partial charge on any atom is -0.545 e. The quantitative estimate of drug-likeness (QED) is 0.659. The van der Waals surface area contributed by atoms with Gasteiger partial charge in [0, 0.05) is 5.57 Å². The van der Waals surface area contributed by atoms with Crippen LogP contribution in [0, 0.1) is 0 Å². The fourth-order valence-electron chi connectivity index (χ4n) is 3.36. The average molecular weight is 402 g/mol. The maximum atomic E-state index is 12.9. The zero-order valence-corrected chi connectivity index (χ0v) is 14.4. The SMILES string of the molecule is NC1=C(C(=O)[O-])C(c2ccc(C(F)(F)F)cc2)c2c(c3ccccc3oc2=O)O1. The van der Waals surface area contributed by atoms with Crippen molar-refractivity contribution in [1.29, 1.82) is 0 Å². The Balaban J connectivity index is 2.00. The molecule has 6 nitrogen and oxygen atoms in total. The lowest BCUT2D eigenvalue weighted by atomic mass is 9.83. The van der Waals surface area contributed by atoms with E-state index in [1.165, 1.54) is 6.07 Å². The molecular formula is C20H11F3NO5-. The molecule has 1 unspecified atom stereocenters. The molecule has 1 aromatic heterocycles.